The molecular formula is C22H19NO2. The summed E-state index contributed by atoms with van der Waals surface area (Å²) in [6.07, 6.45) is 3.49. The van der Waals surface area contributed by atoms with E-state index in [1.54, 1.807) is 0 Å². The number of aromatic nitrogens is 1. The third kappa shape index (κ3) is 2.30. The molecule has 4 aromatic rings. The lowest BCUT2D eigenvalue weighted by atomic mass is 10.1. The molecule has 3 heteroatoms. The van der Waals surface area contributed by atoms with Crippen molar-refractivity contribution in [2.45, 2.75) is 26.3 Å². The van der Waals surface area contributed by atoms with E-state index < -0.39 is 0 Å². The minimum Gasteiger partial charge on any atom is -0.454 e. The lowest BCUT2D eigenvalue weighted by molar-refractivity contribution is 0.112. The standard InChI is InChI=1S/C22H19NO2/c1-14-18-9-8-16(13-24)10-21(18)25-22(14)20-11-17-4-2-3-5-19(17)23(20)12-15-6-7-15/h2-5,8-11,13,15H,6-7,12H2,1H3. The Balaban J connectivity index is 1.76. The molecular weight excluding hydrogens is 310 g/mol. The van der Waals surface area contributed by atoms with Crippen molar-refractivity contribution in [2.24, 2.45) is 5.92 Å². The van der Waals surface area contributed by atoms with Gasteiger partial charge in [-0.25, -0.2) is 0 Å². The van der Waals surface area contributed by atoms with Gasteiger partial charge < -0.3 is 8.98 Å². The van der Waals surface area contributed by atoms with E-state index in [0.29, 0.717) is 5.56 Å². The lowest BCUT2D eigenvalue weighted by Gasteiger charge is -2.09. The lowest BCUT2D eigenvalue weighted by Crippen LogP contribution is -2.01. The Morgan fingerprint density at radius 1 is 1.16 bits per heavy atom. The number of furan rings is 1. The number of fused-ring (bicyclic) bond motifs is 2. The van der Waals surface area contributed by atoms with Crippen molar-refractivity contribution in [3.63, 3.8) is 0 Å². The molecule has 2 heterocycles. The van der Waals surface area contributed by atoms with Crippen LogP contribution in [0.4, 0.5) is 0 Å². The van der Waals surface area contributed by atoms with Gasteiger partial charge in [-0.1, -0.05) is 30.3 Å². The molecule has 0 atom stereocenters. The summed E-state index contributed by atoms with van der Waals surface area (Å²) in [5, 5.41) is 2.32. The highest BCUT2D eigenvalue weighted by Crippen LogP contribution is 2.39. The Morgan fingerprint density at radius 3 is 2.80 bits per heavy atom. The third-order valence-electron chi connectivity index (χ3n) is 5.28. The second-order valence-corrected chi connectivity index (χ2v) is 7.07. The molecule has 0 unspecified atom stereocenters. The fraction of sp³-hybridized carbons (Fsp3) is 0.227. The fourth-order valence-electron chi connectivity index (χ4n) is 3.71. The SMILES string of the molecule is Cc1c(-c2cc3ccccc3n2CC2CC2)oc2cc(C=O)ccc12. The van der Waals surface area contributed by atoms with Crippen LogP contribution in [-0.2, 0) is 6.54 Å². The van der Waals surface area contributed by atoms with Crippen molar-refractivity contribution in [3.05, 3.63) is 59.7 Å². The number of benzene rings is 2. The number of aryl methyl sites for hydroxylation is 1. The van der Waals surface area contributed by atoms with E-state index in [9.17, 15) is 4.79 Å². The number of hydrogen-bond acceptors (Lipinski definition) is 2. The number of hydrogen-bond donors (Lipinski definition) is 0. The van der Waals surface area contributed by atoms with Gasteiger partial charge in [-0.2, -0.15) is 0 Å². The van der Waals surface area contributed by atoms with E-state index >= 15 is 0 Å². The Morgan fingerprint density at radius 2 is 2.00 bits per heavy atom. The Bertz CT molecular complexity index is 1110. The summed E-state index contributed by atoms with van der Waals surface area (Å²) in [4.78, 5) is 11.1. The van der Waals surface area contributed by atoms with Gasteiger partial charge in [0.1, 0.15) is 11.9 Å². The highest BCUT2D eigenvalue weighted by molar-refractivity contribution is 5.93. The smallest absolute Gasteiger partial charge is 0.154 e. The molecule has 124 valence electrons. The predicted molar refractivity (Wildman–Crippen MR) is 100.0 cm³/mol. The predicted octanol–water partition coefficient (Wildman–Crippen LogP) is 5.59. The molecule has 2 aromatic carbocycles. The van der Waals surface area contributed by atoms with Gasteiger partial charge in [0.05, 0.1) is 5.69 Å². The van der Waals surface area contributed by atoms with Crippen LogP contribution in [0.3, 0.4) is 0 Å². The van der Waals surface area contributed by atoms with Gasteiger partial charge in [0.15, 0.2) is 5.76 Å². The zero-order valence-corrected chi connectivity index (χ0v) is 14.2. The fourth-order valence-corrected chi connectivity index (χ4v) is 3.71. The van der Waals surface area contributed by atoms with Crippen LogP contribution in [0.25, 0.3) is 33.3 Å². The number of nitrogens with zero attached hydrogens (tertiary/aromatic N) is 1. The summed E-state index contributed by atoms with van der Waals surface area (Å²) in [5.41, 5.74) is 4.95. The van der Waals surface area contributed by atoms with Gasteiger partial charge in [0, 0.05) is 34.0 Å². The summed E-state index contributed by atoms with van der Waals surface area (Å²) < 4.78 is 8.62. The Labute approximate surface area is 145 Å². The molecule has 0 amide bonds. The zero-order chi connectivity index (χ0) is 17.0. The van der Waals surface area contributed by atoms with Crippen molar-refractivity contribution in [1.29, 1.82) is 0 Å². The molecule has 25 heavy (non-hydrogen) atoms. The maximum atomic E-state index is 11.1. The number of carbonyl (C=O) groups excluding carboxylic acids is 1. The minimum atomic E-state index is 0.645. The van der Waals surface area contributed by atoms with Crippen LogP contribution in [0, 0.1) is 12.8 Å². The molecule has 5 rings (SSSR count). The van der Waals surface area contributed by atoms with Crippen LogP contribution in [0.15, 0.2) is 52.9 Å². The molecule has 0 radical (unpaired) electrons. The first-order valence-electron chi connectivity index (χ1n) is 8.81. The minimum absolute atomic E-state index is 0.645. The first kappa shape index (κ1) is 14.5. The van der Waals surface area contributed by atoms with Crippen LogP contribution in [0.5, 0.6) is 0 Å². The normalized spacial score (nSPS) is 14.4. The zero-order valence-electron chi connectivity index (χ0n) is 14.2. The first-order valence-corrected chi connectivity index (χ1v) is 8.81. The third-order valence-corrected chi connectivity index (χ3v) is 5.28. The van der Waals surface area contributed by atoms with Crippen LogP contribution in [0.2, 0.25) is 0 Å². The van der Waals surface area contributed by atoms with Gasteiger partial charge >= 0.3 is 0 Å². The number of rotatable bonds is 4. The largest absolute Gasteiger partial charge is 0.454 e. The summed E-state index contributed by atoms with van der Waals surface area (Å²) in [6, 6.07) is 16.4. The van der Waals surface area contributed by atoms with Crippen LogP contribution >= 0.6 is 0 Å². The summed E-state index contributed by atoms with van der Waals surface area (Å²) in [5.74, 6) is 1.69. The van der Waals surface area contributed by atoms with E-state index in [2.05, 4.69) is 41.8 Å². The molecule has 1 saturated carbocycles. The van der Waals surface area contributed by atoms with Gasteiger partial charge in [0.2, 0.25) is 0 Å². The maximum absolute atomic E-state index is 11.1. The average Bonchev–Trinajstić information content (AvgIpc) is 3.31. The molecule has 0 spiro atoms. The van der Waals surface area contributed by atoms with Crippen molar-refractivity contribution < 1.29 is 9.21 Å². The van der Waals surface area contributed by atoms with E-state index in [0.717, 1.165) is 46.7 Å². The quantitative estimate of drug-likeness (QED) is 0.458. The van der Waals surface area contributed by atoms with E-state index in [1.165, 1.54) is 23.7 Å². The van der Waals surface area contributed by atoms with Crippen LogP contribution in [-0.4, -0.2) is 10.9 Å². The molecule has 0 bridgehead atoms. The Kier molecular flexibility index (Phi) is 3.11. The van der Waals surface area contributed by atoms with Crippen molar-refractivity contribution >= 4 is 28.2 Å². The number of para-hydroxylation sites is 1. The number of carbonyl (C=O) groups is 1. The summed E-state index contributed by atoms with van der Waals surface area (Å²) in [7, 11) is 0. The number of aldehydes is 1. The van der Waals surface area contributed by atoms with E-state index in [4.69, 9.17) is 4.42 Å². The second-order valence-electron chi connectivity index (χ2n) is 7.07. The summed E-state index contributed by atoms with van der Waals surface area (Å²) in [6.45, 7) is 3.14. The second kappa shape index (κ2) is 5.35. The monoisotopic (exact) mass is 329 g/mol. The van der Waals surface area contributed by atoms with E-state index in [-0.39, 0.29) is 0 Å². The highest BCUT2D eigenvalue weighted by atomic mass is 16.3. The molecule has 1 fully saturated rings. The van der Waals surface area contributed by atoms with Gasteiger partial charge in [-0.3, -0.25) is 4.79 Å². The Hall–Kier alpha value is -2.81. The molecule has 3 nitrogen and oxygen atoms in total. The maximum Gasteiger partial charge on any atom is 0.154 e. The van der Waals surface area contributed by atoms with Crippen LogP contribution < -0.4 is 0 Å². The molecule has 0 N–H and O–H groups in total. The van der Waals surface area contributed by atoms with Crippen molar-refractivity contribution in [1.82, 2.24) is 4.57 Å². The molecule has 1 aliphatic rings. The van der Waals surface area contributed by atoms with Gasteiger partial charge in [0.25, 0.3) is 0 Å². The molecule has 1 aliphatic carbocycles. The van der Waals surface area contributed by atoms with Crippen molar-refractivity contribution in [2.75, 3.05) is 0 Å². The van der Waals surface area contributed by atoms with Gasteiger partial charge in [-0.05, 0) is 43.9 Å². The molecule has 0 saturated heterocycles. The van der Waals surface area contributed by atoms with E-state index in [1.807, 2.05) is 18.2 Å². The average molecular weight is 329 g/mol. The molecule has 0 aliphatic heterocycles. The van der Waals surface area contributed by atoms with Gasteiger partial charge in [-0.15, -0.1) is 0 Å². The summed E-state index contributed by atoms with van der Waals surface area (Å²) >= 11 is 0. The van der Waals surface area contributed by atoms with Crippen LogP contribution in [0.1, 0.15) is 28.8 Å². The molecule has 2 aromatic heterocycles. The first-order chi connectivity index (χ1) is 12.2. The van der Waals surface area contributed by atoms with Crippen molar-refractivity contribution in [3.8, 4) is 11.5 Å². The highest BCUT2D eigenvalue weighted by Gasteiger charge is 2.25. The topological polar surface area (TPSA) is 35.1 Å².